The Hall–Kier alpha value is -2.63. The van der Waals surface area contributed by atoms with Crippen LogP contribution in [0.3, 0.4) is 0 Å². The molecule has 0 spiro atoms. The first kappa shape index (κ1) is 14.8. The number of benzene rings is 1. The number of H-pyrrole nitrogens is 1. The number of aromatic amines is 1. The van der Waals surface area contributed by atoms with Gasteiger partial charge in [0.1, 0.15) is 5.56 Å². The van der Waals surface area contributed by atoms with E-state index in [0.29, 0.717) is 17.5 Å². The van der Waals surface area contributed by atoms with Gasteiger partial charge in [-0.1, -0.05) is 12.1 Å². The van der Waals surface area contributed by atoms with Gasteiger partial charge in [0.25, 0.3) is 5.91 Å². The van der Waals surface area contributed by atoms with Gasteiger partial charge in [0.15, 0.2) is 0 Å². The van der Waals surface area contributed by atoms with Crippen LogP contribution in [0.15, 0.2) is 35.3 Å². The minimum atomic E-state index is -0.508. The van der Waals surface area contributed by atoms with E-state index in [2.05, 4.69) is 10.3 Å². The smallest absolute Gasteiger partial charge is 0.307 e. The number of aromatic nitrogens is 1. The topological polar surface area (TPSA) is 88.3 Å². The molecule has 2 rings (SSSR count). The molecule has 0 saturated heterocycles. The zero-order valence-electron chi connectivity index (χ0n) is 11.6. The van der Waals surface area contributed by atoms with Crippen molar-refractivity contribution in [1.82, 2.24) is 10.3 Å². The normalized spacial score (nSPS) is 10.3. The summed E-state index contributed by atoms with van der Waals surface area (Å²) in [4.78, 5) is 38.2. The van der Waals surface area contributed by atoms with Gasteiger partial charge in [0.05, 0.1) is 13.0 Å². The van der Waals surface area contributed by atoms with E-state index in [1.807, 2.05) is 0 Å². The van der Waals surface area contributed by atoms with Crippen molar-refractivity contribution in [3.05, 3.63) is 46.2 Å². The van der Waals surface area contributed by atoms with E-state index >= 15 is 0 Å². The van der Waals surface area contributed by atoms with Gasteiger partial charge < -0.3 is 15.0 Å². The Kier molecular flexibility index (Phi) is 4.71. The highest BCUT2D eigenvalue weighted by Gasteiger charge is 2.12. The summed E-state index contributed by atoms with van der Waals surface area (Å²) in [5.74, 6) is -0.892. The first-order valence-corrected chi connectivity index (χ1v) is 6.67. The van der Waals surface area contributed by atoms with Gasteiger partial charge in [-0.25, -0.2) is 0 Å². The van der Waals surface area contributed by atoms with Gasteiger partial charge in [0.2, 0.25) is 5.43 Å². The number of carbonyl (C=O) groups excluding carboxylic acids is 2. The van der Waals surface area contributed by atoms with Gasteiger partial charge in [-0.2, -0.15) is 0 Å². The molecule has 0 saturated carbocycles. The van der Waals surface area contributed by atoms with Gasteiger partial charge in [0, 0.05) is 23.6 Å². The maximum atomic E-state index is 12.2. The summed E-state index contributed by atoms with van der Waals surface area (Å²) in [7, 11) is 0. The Morgan fingerprint density at radius 3 is 2.81 bits per heavy atom. The van der Waals surface area contributed by atoms with E-state index in [0.717, 1.165) is 0 Å². The van der Waals surface area contributed by atoms with Crippen molar-refractivity contribution in [2.75, 3.05) is 13.2 Å². The minimum absolute atomic E-state index is 0.0255. The van der Waals surface area contributed by atoms with Crippen molar-refractivity contribution in [3.8, 4) is 0 Å². The Labute approximate surface area is 121 Å². The molecule has 2 aromatic rings. The van der Waals surface area contributed by atoms with Crippen LogP contribution in [0.4, 0.5) is 0 Å². The maximum absolute atomic E-state index is 12.2. The molecule has 6 heteroatoms. The largest absolute Gasteiger partial charge is 0.466 e. The molecule has 0 unspecified atom stereocenters. The minimum Gasteiger partial charge on any atom is -0.466 e. The molecule has 0 aliphatic rings. The zero-order valence-corrected chi connectivity index (χ0v) is 11.6. The summed E-state index contributed by atoms with van der Waals surface area (Å²) in [5, 5.41) is 2.99. The fourth-order valence-corrected chi connectivity index (χ4v) is 1.94. The van der Waals surface area contributed by atoms with Crippen LogP contribution in [0, 0.1) is 0 Å². The predicted molar refractivity (Wildman–Crippen MR) is 78.2 cm³/mol. The van der Waals surface area contributed by atoms with E-state index in [4.69, 9.17) is 4.74 Å². The van der Waals surface area contributed by atoms with Crippen molar-refractivity contribution < 1.29 is 14.3 Å². The molecule has 0 atom stereocenters. The molecule has 1 aromatic carbocycles. The van der Waals surface area contributed by atoms with Crippen LogP contribution < -0.4 is 10.7 Å². The molecule has 2 N–H and O–H groups in total. The van der Waals surface area contributed by atoms with Gasteiger partial charge in [-0.3, -0.25) is 14.4 Å². The summed E-state index contributed by atoms with van der Waals surface area (Å²) in [6.45, 7) is 2.14. The van der Waals surface area contributed by atoms with Gasteiger partial charge in [-0.05, 0) is 19.1 Å². The van der Waals surface area contributed by atoms with Crippen molar-refractivity contribution in [3.63, 3.8) is 0 Å². The highest BCUT2D eigenvalue weighted by molar-refractivity contribution is 5.97. The Morgan fingerprint density at radius 1 is 1.29 bits per heavy atom. The van der Waals surface area contributed by atoms with Crippen molar-refractivity contribution in [1.29, 1.82) is 0 Å². The van der Waals surface area contributed by atoms with Gasteiger partial charge >= 0.3 is 5.97 Å². The number of hydrogen-bond donors (Lipinski definition) is 2. The predicted octanol–water partition coefficient (Wildman–Crippen LogP) is 1.21. The number of amides is 1. The molecule has 110 valence electrons. The first-order chi connectivity index (χ1) is 10.1. The van der Waals surface area contributed by atoms with E-state index in [9.17, 15) is 14.4 Å². The van der Waals surface area contributed by atoms with E-state index in [1.165, 1.54) is 6.20 Å². The molecule has 1 amide bonds. The van der Waals surface area contributed by atoms with Crippen LogP contribution in [0.5, 0.6) is 0 Å². The number of ether oxygens (including phenoxy) is 1. The third-order valence-electron chi connectivity index (χ3n) is 2.95. The van der Waals surface area contributed by atoms with Crippen LogP contribution in [0.1, 0.15) is 23.7 Å². The molecule has 0 fully saturated rings. The molecule has 0 aliphatic carbocycles. The van der Waals surface area contributed by atoms with Crippen LogP contribution in [-0.2, 0) is 9.53 Å². The Bertz CT molecular complexity index is 721. The van der Waals surface area contributed by atoms with Crippen LogP contribution in [0.2, 0.25) is 0 Å². The number of para-hydroxylation sites is 1. The maximum Gasteiger partial charge on any atom is 0.307 e. The van der Waals surface area contributed by atoms with Gasteiger partial charge in [-0.15, -0.1) is 0 Å². The first-order valence-electron chi connectivity index (χ1n) is 6.67. The van der Waals surface area contributed by atoms with E-state index in [-0.39, 0.29) is 29.9 Å². The highest BCUT2D eigenvalue weighted by Crippen LogP contribution is 2.06. The molecule has 1 aromatic heterocycles. The Morgan fingerprint density at radius 2 is 2.05 bits per heavy atom. The lowest BCUT2D eigenvalue weighted by Crippen LogP contribution is -2.30. The molecule has 0 aliphatic heterocycles. The third-order valence-corrected chi connectivity index (χ3v) is 2.95. The molecule has 1 heterocycles. The van der Waals surface area contributed by atoms with Crippen LogP contribution in [-0.4, -0.2) is 30.0 Å². The number of nitrogens with one attached hydrogen (secondary N) is 2. The molecule has 0 bridgehead atoms. The Balaban J connectivity index is 2.08. The fourth-order valence-electron chi connectivity index (χ4n) is 1.94. The molecule has 6 nitrogen and oxygen atoms in total. The summed E-state index contributed by atoms with van der Waals surface area (Å²) in [5.41, 5.74) is 0.362. The van der Waals surface area contributed by atoms with E-state index < -0.39 is 5.91 Å². The number of hydrogen-bond acceptors (Lipinski definition) is 4. The number of fused-ring (bicyclic) bond motifs is 1. The summed E-state index contributed by atoms with van der Waals surface area (Å²) in [6, 6.07) is 6.96. The average Bonchev–Trinajstić information content (AvgIpc) is 2.48. The SMILES string of the molecule is CCOC(=O)CCNC(=O)c1c[nH]c2ccccc2c1=O. The summed E-state index contributed by atoms with van der Waals surface area (Å²) in [6.07, 6.45) is 1.45. The van der Waals surface area contributed by atoms with Crippen molar-refractivity contribution >= 4 is 22.8 Å². The average molecular weight is 288 g/mol. The second kappa shape index (κ2) is 6.69. The summed E-state index contributed by atoms with van der Waals surface area (Å²) < 4.78 is 4.75. The monoisotopic (exact) mass is 288 g/mol. The fraction of sp³-hybridized carbons (Fsp3) is 0.267. The number of rotatable bonds is 5. The molecule has 0 radical (unpaired) electrons. The molecule has 21 heavy (non-hydrogen) atoms. The number of carbonyl (C=O) groups is 2. The van der Waals surface area contributed by atoms with E-state index in [1.54, 1.807) is 31.2 Å². The second-order valence-corrected chi connectivity index (χ2v) is 4.39. The highest BCUT2D eigenvalue weighted by atomic mass is 16.5. The zero-order chi connectivity index (χ0) is 15.2. The molecular weight excluding hydrogens is 272 g/mol. The lowest BCUT2D eigenvalue weighted by Gasteiger charge is -2.05. The van der Waals surface area contributed by atoms with Crippen molar-refractivity contribution in [2.45, 2.75) is 13.3 Å². The lowest BCUT2D eigenvalue weighted by atomic mass is 10.1. The molecular formula is C15H16N2O4. The second-order valence-electron chi connectivity index (χ2n) is 4.39. The van der Waals surface area contributed by atoms with Crippen LogP contribution in [0.25, 0.3) is 10.9 Å². The quantitative estimate of drug-likeness (QED) is 0.809. The summed E-state index contributed by atoms with van der Waals surface area (Å²) >= 11 is 0. The standard InChI is InChI=1S/C15H16N2O4/c1-2-21-13(18)7-8-16-15(20)11-9-17-12-6-4-3-5-10(12)14(11)19/h3-6,9H,2,7-8H2,1H3,(H,16,20)(H,17,19). The van der Waals surface area contributed by atoms with Crippen LogP contribution >= 0.6 is 0 Å². The number of pyridine rings is 1. The number of esters is 1. The van der Waals surface area contributed by atoms with Crippen molar-refractivity contribution in [2.24, 2.45) is 0 Å². The lowest BCUT2D eigenvalue weighted by molar-refractivity contribution is -0.142. The third kappa shape index (κ3) is 3.47.